The molecule has 5 aromatic rings. The van der Waals surface area contributed by atoms with Crippen LogP contribution in [0.2, 0.25) is 0 Å². The Morgan fingerprint density at radius 2 is 1.67 bits per heavy atom. The monoisotopic (exact) mass is 645 g/mol. The summed E-state index contributed by atoms with van der Waals surface area (Å²) in [5, 5.41) is 6.83. The van der Waals surface area contributed by atoms with Crippen LogP contribution in [-0.4, -0.2) is 27.7 Å². The number of rotatable bonds is 13. The van der Waals surface area contributed by atoms with Crippen molar-refractivity contribution >= 4 is 28.4 Å². The average Bonchev–Trinajstić information content (AvgIpc) is 3.09. The first-order valence-electron chi connectivity index (χ1n) is 16.3. The Morgan fingerprint density at radius 3 is 2.33 bits per heavy atom. The van der Waals surface area contributed by atoms with Gasteiger partial charge in [-0.1, -0.05) is 52.0 Å². The zero-order chi connectivity index (χ0) is 34.2. The predicted octanol–water partition coefficient (Wildman–Crippen LogP) is 8.90. The van der Waals surface area contributed by atoms with E-state index in [1.165, 1.54) is 0 Å². The number of pyridine rings is 3. The number of ether oxygens (including phenoxy) is 2. The van der Waals surface area contributed by atoms with Crippen molar-refractivity contribution in [2.24, 2.45) is 0 Å². The molecule has 2 aromatic carbocycles. The molecule has 0 radical (unpaired) electrons. The van der Waals surface area contributed by atoms with E-state index in [1.54, 1.807) is 30.3 Å². The van der Waals surface area contributed by atoms with Crippen molar-refractivity contribution in [3.8, 4) is 22.6 Å². The molecule has 9 nitrogen and oxygen atoms in total. The standard InChI is InChI=1S/C39H43N5O4/c1-7-8-9-19-44-37-31(16-12-18-41-37)34(28-14-10-15-29(20-28)47-6)36(38(44)45)43-39(46)42-35-32(25(2)3)21-30(22-33(35)26(4)5)48-24-27-13-11-17-40-23-27/h7,10-18,20-23,25-26H,1,8-9,19,24H2,2-6H3,(H2,42,43,46). The van der Waals surface area contributed by atoms with E-state index < -0.39 is 6.03 Å². The van der Waals surface area contributed by atoms with Crippen molar-refractivity contribution < 1.29 is 14.3 Å². The molecule has 0 saturated carbocycles. The van der Waals surface area contributed by atoms with Crippen molar-refractivity contribution in [3.63, 3.8) is 0 Å². The van der Waals surface area contributed by atoms with E-state index in [9.17, 15) is 9.59 Å². The molecule has 2 N–H and O–H groups in total. The predicted molar refractivity (Wildman–Crippen MR) is 193 cm³/mol. The summed E-state index contributed by atoms with van der Waals surface area (Å²) in [7, 11) is 1.59. The Hall–Kier alpha value is -5.44. The first-order chi connectivity index (χ1) is 23.2. The molecule has 3 heterocycles. The van der Waals surface area contributed by atoms with Crippen LogP contribution in [0.25, 0.3) is 22.2 Å². The lowest BCUT2D eigenvalue weighted by atomic mass is 9.92. The third-order valence-electron chi connectivity index (χ3n) is 8.19. The maximum absolute atomic E-state index is 14.3. The fourth-order valence-corrected chi connectivity index (χ4v) is 5.78. The van der Waals surface area contributed by atoms with E-state index in [0.717, 1.165) is 34.1 Å². The molecule has 2 amide bonds. The Kier molecular flexibility index (Phi) is 10.9. The van der Waals surface area contributed by atoms with Crippen molar-refractivity contribution in [2.75, 3.05) is 17.7 Å². The minimum absolute atomic E-state index is 0.0703. The van der Waals surface area contributed by atoms with Crippen molar-refractivity contribution in [1.82, 2.24) is 14.5 Å². The zero-order valence-corrected chi connectivity index (χ0v) is 28.2. The lowest BCUT2D eigenvalue weighted by Gasteiger charge is -2.23. The minimum atomic E-state index is -0.523. The molecule has 3 aromatic heterocycles. The van der Waals surface area contributed by atoms with Crippen LogP contribution in [0.5, 0.6) is 11.5 Å². The van der Waals surface area contributed by atoms with E-state index in [4.69, 9.17) is 9.47 Å². The van der Waals surface area contributed by atoms with Gasteiger partial charge in [0, 0.05) is 47.3 Å². The second-order valence-electron chi connectivity index (χ2n) is 12.3. The summed E-state index contributed by atoms with van der Waals surface area (Å²) >= 11 is 0. The van der Waals surface area contributed by atoms with Gasteiger partial charge in [0.15, 0.2) is 0 Å². The number of amides is 2. The Balaban J connectivity index is 1.58. The topological polar surface area (TPSA) is 107 Å². The summed E-state index contributed by atoms with van der Waals surface area (Å²) in [4.78, 5) is 37.1. The molecule has 9 heteroatoms. The number of hydrogen-bond donors (Lipinski definition) is 2. The number of nitrogens with one attached hydrogen (secondary N) is 2. The molecule has 48 heavy (non-hydrogen) atoms. The Bertz CT molecular complexity index is 1940. The fraction of sp³-hybridized carbons (Fsp3) is 0.282. The number of carbonyl (C=O) groups excluding carboxylic acids is 1. The van der Waals surface area contributed by atoms with Crippen LogP contribution >= 0.6 is 0 Å². The molecule has 0 saturated heterocycles. The number of unbranched alkanes of at least 4 members (excludes halogenated alkanes) is 1. The highest BCUT2D eigenvalue weighted by molar-refractivity contribution is 6.08. The number of carbonyl (C=O) groups is 1. The number of benzene rings is 2. The molecule has 5 rings (SSSR count). The van der Waals surface area contributed by atoms with Crippen molar-refractivity contribution in [3.05, 3.63) is 119 Å². The number of fused-ring (bicyclic) bond motifs is 1. The van der Waals surface area contributed by atoms with Gasteiger partial charge >= 0.3 is 6.03 Å². The molecular formula is C39H43N5O4. The van der Waals surface area contributed by atoms with Crippen molar-refractivity contribution in [2.45, 2.75) is 65.5 Å². The molecule has 0 aliphatic heterocycles. The van der Waals surface area contributed by atoms with Gasteiger partial charge in [-0.25, -0.2) is 9.78 Å². The average molecular weight is 646 g/mol. The van der Waals surface area contributed by atoms with E-state index in [0.29, 0.717) is 48.0 Å². The molecule has 0 spiro atoms. The normalized spacial score (nSPS) is 11.1. The smallest absolute Gasteiger partial charge is 0.323 e. The SMILES string of the molecule is C=CCCCn1c(=O)c(NC(=O)Nc2c(C(C)C)cc(OCc3cccnc3)cc2C(C)C)c(-c2cccc(OC)c2)c2cccnc21. The molecule has 0 aliphatic carbocycles. The number of methoxy groups -OCH3 is 1. The maximum Gasteiger partial charge on any atom is 0.323 e. The number of allylic oxidation sites excluding steroid dienone is 1. The summed E-state index contributed by atoms with van der Waals surface area (Å²) in [6, 6.07) is 18.5. The van der Waals surface area contributed by atoms with Gasteiger partial charge in [-0.2, -0.15) is 0 Å². The lowest BCUT2D eigenvalue weighted by Crippen LogP contribution is -2.30. The molecule has 0 unspecified atom stereocenters. The van der Waals surface area contributed by atoms with Gasteiger partial charge in [0.2, 0.25) is 0 Å². The molecule has 0 aliphatic rings. The summed E-state index contributed by atoms with van der Waals surface area (Å²) in [6.07, 6.45) is 8.44. The van der Waals surface area contributed by atoms with E-state index in [1.807, 2.05) is 66.7 Å². The summed E-state index contributed by atoms with van der Waals surface area (Å²) in [5.41, 5.74) is 5.17. The van der Waals surface area contributed by atoms with E-state index in [-0.39, 0.29) is 23.1 Å². The number of nitrogens with zero attached hydrogens (tertiary/aromatic N) is 3. The number of hydrogen-bond acceptors (Lipinski definition) is 6. The van der Waals surface area contributed by atoms with Crippen LogP contribution in [0.3, 0.4) is 0 Å². The van der Waals surface area contributed by atoms with Crippen LogP contribution < -0.4 is 25.7 Å². The number of urea groups is 1. The Labute approximate surface area is 281 Å². The molecule has 0 fully saturated rings. The van der Waals surface area contributed by atoms with Gasteiger partial charge in [-0.15, -0.1) is 6.58 Å². The van der Waals surface area contributed by atoms with Crippen LogP contribution in [0, 0.1) is 0 Å². The van der Waals surface area contributed by atoms with Crippen LogP contribution in [0.4, 0.5) is 16.2 Å². The van der Waals surface area contributed by atoms with Gasteiger partial charge in [-0.3, -0.25) is 14.3 Å². The Morgan fingerprint density at radius 1 is 0.938 bits per heavy atom. The quantitative estimate of drug-likeness (QED) is 0.0978. The number of aromatic nitrogens is 3. The maximum atomic E-state index is 14.3. The van der Waals surface area contributed by atoms with Gasteiger partial charge in [0.05, 0.1) is 7.11 Å². The van der Waals surface area contributed by atoms with Crippen LogP contribution in [0.15, 0.2) is 96.7 Å². The highest BCUT2D eigenvalue weighted by atomic mass is 16.5. The van der Waals surface area contributed by atoms with Crippen LogP contribution in [-0.2, 0) is 13.2 Å². The number of anilines is 2. The largest absolute Gasteiger partial charge is 0.497 e. The van der Waals surface area contributed by atoms with Crippen molar-refractivity contribution in [1.29, 1.82) is 0 Å². The summed E-state index contributed by atoms with van der Waals surface area (Å²) in [6.45, 7) is 12.9. The van der Waals surface area contributed by atoms with E-state index >= 15 is 0 Å². The lowest BCUT2D eigenvalue weighted by molar-refractivity contribution is 0.262. The third-order valence-corrected chi connectivity index (χ3v) is 8.19. The molecule has 0 bridgehead atoms. The van der Waals surface area contributed by atoms with Gasteiger partial charge in [0.25, 0.3) is 5.56 Å². The summed E-state index contributed by atoms with van der Waals surface area (Å²) < 4.78 is 13.3. The van der Waals surface area contributed by atoms with Gasteiger partial charge < -0.3 is 20.1 Å². The molecular weight excluding hydrogens is 602 g/mol. The summed E-state index contributed by atoms with van der Waals surface area (Å²) in [5.74, 6) is 1.48. The second-order valence-corrected chi connectivity index (χ2v) is 12.3. The highest BCUT2D eigenvalue weighted by Gasteiger charge is 2.23. The number of aryl methyl sites for hydroxylation is 1. The minimum Gasteiger partial charge on any atom is -0.497 e. The molecule has 248 valence electrons. The van der Waals surface area contributed by atoms with E-state index in [2.05, 4.69) is 54.9 Å². The second kappa shape index (κ2) is 15.4. The third kappa shape index (κ3) is 7.57. The van der Waals surface area contributed by atoms with Gasteiger partial charge in [0.1, 0.15) is 29.4 Å². The van der Waals surface area contributed by atoms with Gasteiger partial charge in [-0.05, 0) is 83.8 Å². The van der Waals surface area contributed by atoms with Crippen LogP contribution in [0.1, 0.15) is 69.1 Å². The zero-order valence-electron chi connectivity index (χ0n) is 28.2. The molecule has 0 atom stereocenters. The fourth-order valence-electron chi connectivity index (χ4n) is 5.78. The first kappa shape index (κ1) is 33.9. The highest BCUT2D eigenvalue weighted by Crippen LogP contribution is 2.38. The first-order valence-corrected chi connectivity index (χ1v) is 16.3.